The van der Waals surface area contributed by atoms with Crippen molar-refractivity contribution in [3.8, 4) is 22.5 Å². The maximum absolute atomic E-state index is 12.7. The number of aromatic amines is 1. The molecule has 108 valence electrons. The summed E-state index contributed by atoms with van der Waals surface area (Å²) in [6.45, 7) is -0.705. The number of pyridine rings is 1. The van der Waals surface area contributed by atoms with Crippen LogP contribution >= 0.6 is 0 Å². The van der Waals surface area contributed by atoms with Crippen LogP contribution in [0.15, 0.2) is 43.1 Å². The Bertz CT molecular complexity index is 943. The second-order valence-corrected chi connectivity index (χ2v) is 4.63. The third-order valence-electron chi connectivity index (χ3n) is 3.31. The van der Waals surface area contributed by atoms with Crippen LogP contribution in [0.3, 0.4) is 0 Å². The van der Waals surface area contributed by atoms with Gasteiger partial charge < -0.3 is 0 Å². The van der Waals surface area contributed by atoms with Gasteiger partial charge in [0, 0.05) is 18.0 Å². The third kappa shape index (κ3) is 2.01. The first kappa shape index (κ1) is 12.6. The number of nitrogens with one attached hydrogen (secondary N) is 1. The number of halogens is 1. The predicted octanol–water partition coefficient (Wildman–Crippen LogP) is 2.05. The minimum atomic E-state index is -0.705. The molecule has 0 saturated heterocycles. The molecule has 4 rings (SSSR count). The van der Waals surface area contributed by atoms with E-state index in [1.807, 2.05) is 18.3 Å². The van der Waals surface area contributed by atoms with E-state index < -0.39 is 6.67 Å². The molecule has 0 aliphatic carbocycles. The van der Waals surface area contributed by atoms with Gasteiger partial charge in [-0.1, -0.05) is 0 Å². The number of nitrogens with zero attached hydrogens (tertiary/aromatic N) is 6. The summed E-state index contributed by atoms with van der Waals surface area (Å²) in [5, 5.41) is 11.0. The van der Waals surface area contributed by atoms with E-state index in [0.29, 0.717) is 11.4 Å². The van der Waals surface area contributed by atoms with E-state index in [0.717, 1.165) is 16.8 Å². The Labute approximate surface area is 123 Å². The van der Waals surface area contributed by atoms with Crippen LogP contribution < -0.4 is 0 Å². The van der Waals surface area contributed by atoms with Crippen molar-refractivity contribution < 1.29 is 4.39 Å². The Kier molecular flexibility index (Phi) is 2.85. The van der Waals surface area contributed by atoms with E-state index in [1.54, 1.807) is 16.8 Å². The summed E-state index contributed by atoms with van der Waals surface area (Å²) in [5.74, 6) is 0.144. The van der Waals surface area contributed by atoms with Crippen LogP contribution in [0.5, 0.6) is 0 Å². The van der Waals surface area contributed by atoms with Gasteiger partial charge in [-0.15, -0.1) is 0 Å². The number of alkyl halides is 1. The summed E-state index contributed by atoms with van der Waals surface area (Å²) < 4.78 is 14.4. The van der Waals surface area contributed by atoms with E-state index in [4.69, 9.17) is 0 Å². The highest BCUT2D eigenvalue weighted by molar-refractivity contribution is 5.79. The van der Waals surface area contributed by atoms with Crippen molar-refractivity contribution in [1.29, 1.82) is 0 Å². The molecular formula is C14H10FN7. The van der Waals surface area contributed by atoms with Gasteiger partial charge in [0.2, 0.25) is 0 Å². The topological polar surface area (TPSA) is 84.7 Å². The summed E-state index contributed by atoms with van der Waals surface area (Å²) in [7, 11) is 0. The first-order chi connectivity index (χ1) is 10.8. The fourth-order valence-corrected chi connectivity index (χ4v) is 2.29. The van der Waals surface area contributed by atoms with Crippen molar-refractivity contribution in [3.05, 3.63) is 48.9 Å². The summed E-state index contributed by atoms with van der Waals surface area (Å²) in [4.78, 5) is 12.2. The Hall–Kier alpha value is -3.16. The molecule has 0 aliphatic heterocycles. The predicted molar refractivity (Wildman–Crippen MR) is 76.4 cm³/mol. The van der Waals surface area contributed by atoms with Crippen molar-refractivity contribution in [3.63, 3.8) is 0 Å². The Morgan fingerprint density at radius 2 is 2.18 bits per heavy atom. The van der Waals surface area contributed by atoms with E-state index in [9.17, 15) is 4.39 Å². The molecule has 0 spiro atoms. The zero-order valence-electron chi connectivity index (χ0n) is 11.3. The molecule has 4 aromatic heterocycles. The zero-order valence-corrected chi connectivity index (χ0v) is 11.3. The average Bonchev–Trinajstić information content (AvgIpc) is 3.23. The number of hydrogen-bond acceptors (Lipinski definition) is 5. The second kappa shape index (κ2) is 4.99. The fourth-order valence-electron chi connectivity index (χ4n) is 2.29. The SMILES string of the molecule is FCc1nccc(-c2[nH]ncc2-c2ccn3ncnc3c2)n1. The number of hydrogen-bond donors (Lipinski definition) is 1. The highest BCUT2D eigenvalue weighted by atomic mass is 19.1. The molecule has 0 fully saturated rings. The molecule has 0 radical (unpaired) electrons. The van der Waals surface area contributed by atoms with Crippen LogP contribution in [-0.2, 0) is 6.67 Å². The van der Waals surface area contributed by atoms with Gasteiger partial charge in [-0.05, 0) is 23.8 Å². The minimum Gasteiger partial charge on any atom is -0.276 e. The van der Waals surface area contributed by atoms with Crippen LogP contribution in [0, 0.1) is 0 Å². The van der Waals surface area contributed by atoms with Crippen LogP contribution in [0.1, 0.15) is 5.82 Å². The lowest BCUT2D eigenvalue weighted by atomic mass is 10.1. The molecule has 0 unspecified atom stereocenters. The maximum atomic E-state index is 12.7. The summed E-state index contributed by atoms with van der Waals surface area (Å²) in [6, 6.07) is 5.53. The molecule has 4 aromatic rings. The molecule has 4 heterocycles. The van der Waals surface area contributed by atoms with E-state index >= 15 is 0 Å². The lowest BCUT2D eigenvalue weighted by Gasteiger charge is -2.04. The number of rotatable bonds is 3. The smallest absolute Gasteiger partial charge is 0.160 e. The van der Waals surface area contributed by atoms with Gasteiger partial charge >= 0.3 is 0 Å². The standard InChI is InChI=1S/C14H10FN7/c15-6-12-16-3-1-11(20-12)14-10(7-18-21-14)9-2-4-22-13(5-9)17-8-19-22/h1-5,7-8H,6H2,(H,18,21). The van der Waals surface area contributed by atoms with Gasteiger partial charge in [0.15, 0.2) is 11.5 Å². The van der Waals surface area contributed by atoms with E-state index in [1.165, 1.54) is 12.5 Å². The van der Waals surface area contributed by atoms with Crippen LogP contribution in [0.4, 0.5) is 4.39 Å². The Morgan fingerprint density at radius 1 is 1.23 bits per heavy atom. The van der Waals surface area contributed by atoms with Gasteiger partial charge in [-0.2, -0.15) is 10.2 Å². The zero-order chi connectivity index (χ0) is 14.9. The lowest BCUT2D eigenvalue weighted by Crippen LogP contribution is -1.95. The van der Waals surface area contributed by atoms with Gasteiger partial charge in [-0.3, -0.25) is 5.10 Å². The third-order valence-corrected chi connectivity index (χ3v) is 3.31. The van der Waals surface area contributed by atoms with Crippen molar-refractivity contribution in [2.75, 3.05) is 0 Å². The first-order valence-electron chi connectivity index (χ1n) is 6.56. The molecule has 0 bridgehead atoms. The largest absolute Gasteiger partial charge is 0.276 e. The average molecular weight is 295 g/mol. The molecule has 8 heteroatoms. The molecule has 0 aromatic carbocycles. The maximum Gasteiger partial charge on any atom is 0.160 e. The Morgan fingerprint density at radius 3 is 3.09 bits per heavy atom. The molecule has 22 heavy (non-hydrogen) atoms. The van der Waals surface area contributed by atoms with Crippen molar-refractivity contribution in [2.45, 2.75) is 6.67 Å². The molecule has 1 N–H and O–H groups in total. The van der Waals surface area contributed by atoms with Crippen molar-refractivity contribution in [1.82, 2.24) is 34.8 Å². The van der Waals surface area contributed by atoms with Gasteiger partial charge in [0.05, 0.1) is 17.6 Å². The second-order valence-electron chi connectivity index (χ2n) is 4.63. The van der Waals surface area contributed by atoms with Crippen LogP contribution in [0.2, 0.25) is 0 Å². The molecule has 7 nitrogen and oxygen atoms in total. The molecule has 0 amide bonds. The Balaban J connectivity index is 1.84. The quantitative estimate of drug-likeness (QED) is 0.625. The van der Waals surface area contributed by atoms with Gasteiger partial charge in [-0.25, -0.2) is 23.9 Å². The van der Waals surface area contributed by atoms with Crippen LogP contribution in [-0.4, -0.2) is 34.8 Å². The summed E-state index contributed by atoms with van der Waals surface area (Å²) in [6.07, 6.45) is 6.55. The lowest BCUT2D eigenvalue weighted by molar-refractivity contribution is 0.465. The number of aromatic nitrogens is 7. The fraction of sp³-hybridized carbons (Fsp3) is 0.0714. The molecule has 0 saturated carbocycles. The monoisotopic (exact) mass is 295 g/mol. The normalized spacial score (nSPS) is 11.1. The summed E-state index contributed by atoms with van der Waals surface area (Å²) in [5.41, 5.74) is 3.81. The highest BCUT2D eigenvalue weighted by Gasteiger charge is 2.13. The first-order valence-corrected chi connectivity index (χ1v) is 6.56. The minimum absolute atomic E-state index is 0.144. The van der Waals surface area contributed by atoms with Crippen molar-refractivity contribution in [2.24, 2.45) is 0 Å². The molecular weight excluding hydrogens is 285 g/mol. The highest BCUT2D eigenvalue weighted by Crippen LogP contribution is 2.29. The molecule has 0 aliphatic rings. The summed E-state index contributed by atoms with van der Waals surface area (Å²) >= 11 is 0. The van der Waals surface area contributed by atoms with Gasteiger partial charge in [0.1, 0.15) is 13.0 Å². The van der Waals surface area contributed by atoms with Crippen LogP contribution in [0.25, 0.3) is 28.2 Å². The van der Waals surface area contributed by atoms with E-state index in [2.05, 4.69) is 30.2 Å². The number of H-pyrrole nitrogens is 1. The van der Waals surface area contributed by atoms with E-state index in [-0.39, 0.29) is 5.82 Å². The van der Waals surface area contributed by atoms with Gasteiger partial charge in [0.25, 0.3) is 0 Å². The molecule has 0 atom stereocenters. The number of fused-ring (bicyclic) bond motifs is 1. The van der Waals surface area contributed by atoms with Crippen molar-refractivity contribution >= 4 is 5.65 Å².